The van der Waals surface area contributed by atoms with Crippen molar-refractivity contribution in [3.8, 4) is 0 Å². The standard InChI is InChI=1S/C22H45N/c1-18(2)11-14-22(5,6)17-20(4)8-7-19(3)9-10-21-12-15-23-16-13-21/h18-21,23H,7-17H2,1-6H3. The summed E-state index contributed by atoms with van der Waals surface area (Å²) in [6.07, 6.45) is 12.8. The maximum Gasteiger partial charge on any atom is -0.00463 e. The average molecular weight is 324 g/mol. The van der Waals surface area contributed by atoms with Crippen molar-refractivity contribution < 1.29 is 0 Å². The molecular formula is C22H45N. The Labute approximate surface area is 147 Å². The molecule has 0 aromatic heterocycles. The number of hydrogen-bond donors (Lipinski definition) is 1. The Morgan fingerprint density at radius 2 is 1.48 bits per heavy atom. The summed E-state index contributed by atoms with van der Waals surface area (Å²) in [6, 6.07) is 0. The Morgan fingerprint density at radius 3 is 2.09 bits per heavy atom. The molecule has 0 aliphatic carbocycles. The van der Waals surface area contributed by atoms with Gasteiger partial charge in [0, 0.05) is 0 Å². The van der Waals surface area contributed by atoms with Crippen LogP contribution in [0.25, 0.3) is 0 Å². The second-order valence-corrected chi connectivity index (χ2v) is 9.86. The first kappa shape index (κ1) is 21.0. The fraction of sp³-hybridized carbons (Fsp3) is 1.00. The first-order valence-electron chi connectivity index (χ1n) is 10.5. The zero-order valence-electron chi connectivity index (χ0n) is 17.1. The highest BCUT2D eigenvalue weighted by Crippen LogP contribution is 2.34. The van der Waals surface area contributed by atoms with Crippen molar-refractivity contribution >= 4 is 0 Å². The summed E-state index contributed by atoms with van der Waals surface area (Å²) < 4.78 is 0. The van der Waals surface area contributed by atoms with Crippen molar-refractivity contribution in [2.24, 2.45) is 29.1 Å². The zero-order chi connectivity index (χ0) is 17.3. The van der Waals surface area contributed by atoms with Gasteiger partial charge in [-0.3, -0.25) is 0 Å². The van der Waals surface area contributed by atoms with Gasteiger partial charge >= 0.3 is 0 Å². The fourth-order valence-corrected chi connectivity index (χ4v) is 4.23. The molecule has 138 valence electrons. The van der Waals surface area contributed by atoms with Crippen LogP contribution in [0, 0.1) is 29.1 Å². The van der Waals surface area contributed by atoms with Crippen molar-refractivity contribution in [2.45, 2.75) is 99.3 Å². The molecule has 1 heterocycles. The molecule has 0 aromatic rings. The monoisotopic (exact) mass is 323 g/mol. The Morgan fingerprint density at radius 1 is 0.870 bits per heavy atom. The van der Waals surface area contributed by atoms with Crippen LogP contribution >= 0.6 is 0 Å². The summed E-state index contributed by atoms with van der Waals surface area (Å²) >= 11 is 0. The van der Waals surface area contributed by atoms with Crippen LogP contribution in [-0.2, 0) is 0 Å². The van der Waals surface area contributed by atoms with Crippen molar-refractivity contribution in [3.63, 3.8) is 0 Å². The minimum atomic E-state index is 0.530. The molecule has 0 spiro atoms. The molecular weight excluding hydrogens is 278 g/mol. The molecule has 1 nitrogen and oxygen atoms in total. The van der Waals surface area contributed by atoms with E-state index in [1.54, 1.807) is 0 Å². The lowest BCUT2D eigenvalue weighted by atomic mass is 9.76. The largest absolute Gasteiger partial charge is 0.317 e. The Kier molecular flexibility index (Phi) is 9.82. The predicted molar refractivity (Wildman–Crippen MR) is 105 cm³/mol. The predicted octanol–water partition coefficient (Wildman–Crippen LogP) is 6.67. The highest BCUT2D eigenvalue weighted by Gasteiger charge is 2.22. The number of rotatable bonds is 11. The van der Waals surface area contributed by atoms with Gasteiger partial charge in [0.25, 0.3) is 0 Å². The number of nitrogens with one attached hydrogen (secondary N) is 1. The summed E-state index contributed by atoms with van der Waals surface area (Å²) in [6.45, 7) is 17.1. The van der Waals surface area contributed by atoms with Crippen LogP contribution in [0.5, 0.6) is 0 Å². The molecule has 1 rings (SSSR count). The van der Waals surface area contributed by atoms with Crippen LogP contribution in [-0.4, -0.2) is 13.1 Å². The summed E-state index contributed by atoms with van der Waals surface area (Å²) in [5.74, 6) is 3.66. The van der Waals surface area contributed by atoms with Crippen LogP contribution < -0.4 is 5.32 Å². The van der Waals surface area contributed by atoms with Gasteiger partial charge in [0.1, 0.15) is 0 Å². The van der Waals surface area contributed by atoms with E-state index in [0.29, 0.717) is 5.41 Å². The van der Waals surface area contributed by atoms with Gasteiger partial charge in [-0.2, -0.15) is 0 Å². The van der Waals surface area contributed by atoms with E-state index in [2.05, 4.69) is 46.9 Å². The van der Waals surface area contributed by atoms with Gasteiger partial charge in [0.2, 0.25) is 0 Å². The lowest BCUT2D eigenvalue weighted by Crippen LogP contribution is -2.27. The minimum absolute atomic E-state index is 0.530. The van der Waals surface area contributed by atoms with Gasteiger partial charge < -0.3 is 5.32 Å². The number of hydrogen-bond acceptors (Lipinski definition) is 1. The summed E-state index contributed by atoms with van der Waals surface area (Å²) in [5.41, 5.74) is 0.530. The van der Waals surface area contributed by atoms with Gasteiger partial charge in [-0.25, -0.2) is 0 Å². The quantitative estimate of drug-likeness (QED) is 0.447. The van der Waals surface area contributed by atoms with E-state index < -0.39 is 0 Å². The molecule has 1 heteroatoms. The maximum absolute atomic E-state index is 3.48. The van der Waals surface area contributed by atoms with Gasteiger partial charge in [0.15, 0.2) is 0 Å². The van der Waals surface area contributed by atoms with Crippen LogP contribution in [0.4, 0.5) is 0 Å². The van der Waals surface area contributed by atoms with Crippen LogP contribution in [0.1, 0.15) is 99.3 Å². The smallest absolute Gasteiger partial charge is 0.00463 e. The van der Waals surface area contributed by atoms with E-state index in [-0.39, 0.29) is 0 Å². The molecule has 1 fully saturated rings. The third-order valence-electron chi connectivity index (χ3n) is 5.98. The highest BCUT2D eigenvalue weighted by molar-refractivity contribution is 4.74. The Balaban J connectivity index is 2.14. The summed E-state index contributed by atoms with van der Waals surface area (Å²) in [7, 11) is 0. The molecule has 0 radical (unpaired) electrons. The Bertz CT molecular complexity index is 288. The lowest BCUT2D eigenvalue weighted by Gasteiger charge is -2.29. The van der Waals surface area contributed by atoms with Gasteiger partial charge in [-0.1, -0.05) is 73.6 Å². The molecule has 1 aliphatic heterocycles. The number of piperidine rings is 1. The van der Waals surface area contributed by atoms with E-state index in [9.17, 15) is 0 Å². The van der Waals surface area contributed by atoms with Crippen molar-refractivity contribution in [1.29, 1.82) is 0 Å². The molecule has 1 aliphatic rings. The van der Waals surface area contributed by atoms with E-state index in [4.69, 9.17) is 0 Å². The molecule has 1 saturated heterocycles. The van der Waals surface area contributed by atoms with Crippen molar-refractivity contribution in [3.05, 3.63) is 0 Å². The van der Waals surface area contributed by atoms with E-state index in [1.807, 2.05) is 0 Å². The fourth-order valence-electron chi connectivity index (χ4n) is 4.23. The molecule has 23 heavy (non-hydrogen) atoms. The third-order valence-corrected chi connectivity index (χ3v) is 5.98. The normalized spacial score (nSPS) is 20.0. The SMILES string of the molecule is CC(C)CCC(C)(C)CC(C)CCC(C)CCC1CCNCC1. The molecule has 0 aromatic carbocycles. The average Bonchev–Trinajstić information content (AvgIpc) is 2.50. The van der Waals surface area contributed by atoms with Gasteiger partial charge in [-0.05, 0) is 67.9 Å². The van der Waals surface area contributed by atoms with Crippen molar-refractivity contribution in [1.82, 2.24) is 5.32 Å². The molecule has 0 amide bonds. The topological polar surface area (TPSA) is 12.0 Å². The summed E-state index contributed by atoms with van der Waals surface area (Å²) in [4.78, 5) is 0. The highest BCUT2D eigenvalue weighted by atomic mass is 14.9. The Hall–Kier alpha value is -0.0400. The first-order chi connectivity index (χ1) is 10.8. The molecule has 2 unspecified atom stereocenters. The summed E-state index contributed by atoms with van der Waals surface area (Å²) in [5, 5.41) is 3.48. The van der Waals surface area contributed by atoms with E-state index in [0.717, 1.165) is 23.7 Å². The zero-order valence-corrected chi connectivity index (χ0v) is 17.1. The second kappa shape index (κ2) is 10.7. The second-order valence-electron chi connectivity index (χ2n) is 9.86. The van der Waals surface area contributed by atoms with Crippen molar-refractivity contribution in [2.75, 3.05) is 13.1 Å². The molecule has 0 bridgehead atoms. The first-order valence-corrected chi connectivity index (χ1v) is 10.5. The van der Waals surface area contributed by atoms with Crippen LogP contribution in [0.15, 0.2) is 0 Å². The minimum Gasteiger partial charge on any atom is -0.317 e. The van der Waals surface area contributed by atoms with Crippen LogP contribution in [0.2, 0.25) is 0 Å². The van der Waals surface area contributed by atoms with Crippen LogP contribution in [0.3, 0.4) is 0 Å². The molecule has 1 N–H and O–H groups in total. The van der Waals surface area contributed by atoms with E-state index in [1.165, 1.54) is 70.9 Å². The molecule has 0 saturated carbocycles. The van der Waals surface area contributed by atoms with E-state index >= 15 is 0 Å². The molecule has 2 atom stereocenters. The third kappa shape index (κ3) is 10.4. The van der Waals surface area contributed by atoms with Gasteiger partial charge in [0.05, 0.1) is 0 Å². The lowest BCUT2D eigenvalue weighted by molar-refractivity contribution is 0.224. The van der Waals surface area contributed by atoms with Gasteiger partial charge in [-0.15, -0.1) is 0 Å². The maximum atomic E-state index is 3.48.